The van der Waals surface area contributed by atoms with E-state index < -0.39 is 17.8 Å². The van der Waals surface area contributed by atoms with Crippen LogP contribution in [0, 0.1) is 23.5 Å². The van der Waals surface area contributed by atoms with Gasteiger partial charge in [-0.15, -0.1) is 5.10 Å². The van der Waals surface area contributed by atoms with Crippen LogP contribution in [0.5, 0.6) is 5.75 Å². The minimum absolute atomic E-state index is 0.0285. The molecule has 2 aromatic rings. The summed E-state index contributed by atoms with van der Waals surface area (Å²) in [5.74, 6) is -1.98. The van der Waals surface area contributed by atoms with Gasteiger partial charge in [0.2, 0.25) is 11.7 Å². The molecule has 1 fully saturated rings. The van der Waals surface area contributed by atoms with Crippen molar-refractivity contribution in [2.45, 2.75) is 52.5 Å². The highest BCUT2D eigenvalue weighted by Crippen LogP contribution is 2.35. The number of hydrogen-bond acceptors (Lipinski definition) is 4. The summed E-state index contributed by atoms with van der Waals surface area (Å²) in [6.07, 6.45) is 3.07. The lowest BCUT2D eigenvalue weighted by molar-refractivity contribution is -0.124. The van der Waals surface area contributed by atoms with Crippen LogP contribution in [0.25, 0.3) is 5.69 Å². The van der Waals surface area contributed by atoms with Crippen molar-refractivity contribution < 1.29 is 28.2 Å². The second-order valence-corrected chi connectivity index (χ2v) is 7.99. The van der Waals surface area contributed by atoms with Crippen molar-refractivity contribution >= 4 is 17.9 Å². The Morgan fingerprint density at radius 1 is 1.20 bits per heavy atom. The molecule has 1 amide bonds. The number of carbonyl (C=O) groups is 2. The van der Waals surface area contributed by atoms with Crippen LogP contribution >= 0.6 is 0 Å². The summed E-state index contributed by atoms with van der Waals surface area (Å²) in [6.45, 7) is 5.75. The second-order valence-electron chi connectivity index (χ2n) is 7.99. The summed E-state index contributed by atoms with van der Waals surface area (Å²) >= 11 is 0. The van der Waals surface area contributed by atoms with Crippen LogP contribution in [0.4, 0.5) is 19.4 Å². The molecular formula is C21H25F2N3O4. The van der Waals surface area contributed by atoms with Gasteiger partial charge in [0.25, 0.3) is 0 Å². The van der Waals surface area contributed by atoms with Crippen molar-refractivity contribution in [2.24, 2.45) is 11.8 Å². The number of carboxylic acid groups (broad SMARTS) is 1. The van der Waals surface area contributed by atoms with Gasteiger partial charge in [-0.3, -0.25) is 9.69 Å². The predicted molar refractivity (Wildman–Crippen MR) is 106 cm³/mol. The third-order valence-corrected chi connectivity index (χ3v) is 5.37. The minimum atomic E-state index is -1.57. The number of rotatable bonds is 5. The lowest BCUT2D eigenvalue weighted by Gasteiger charge is -2.32. The summed E-state index contributed by atoms with van der Waals surface area (Å²) in [6, 6.07) is 2.85. The van der Waals surface area contributed by atoms with Gasteiger partial charge in [0, 0.05) is 18.0 Å². The second kappa shape index (κ2) is 8.81. The molecule has 0 aliphatic heterocycles. The van der Waals surface area contributed by atoms with Gasteiger partial charge in [-0.25, -0.2) is 18.3 Å². The third-order valence-electron chi connectivity index (χ3n) is 5.37. The van der Waals surface area contributed by atoms with E-state index in [-0.39, 0.29) is 35.1 Å². The lowest BCUT2D eigenvalue weighted by Crippen LogP contribution is -2.42. The van der Waals surface area contributed by atoms with Crippen molar-refractivity contribution in [2.75, 3.05) is 4.90 Å². The summed E-state index contributed by atoms with van der Waals surface area (Å²) < 4.78 is 33.0. The van der Waals surface area contributed by atoms with Crippen LogP contribution in [0.15, 0.2) is 24.4 Å². The highest BCUT2D eigenvalue weighted by Gasteiger charge is 2.34. The molecule has 1 aliphatic carbocycles. The first kappa shape index (κ1) is 21.7. The lowest BCUT2D eigenvalue weighted by atomic mass is 9.82. The number of ether oxygens (including phenoxy) is 1. The highest BCUT2D eigenvalue weighted by atomic mass is 19.2. The van der Waals surface area contributed by atoms with E-state index >= 15 is 0 Å². The minimum Gasteiger partial charge on any atom is -0.449 e. The van der Waals surface area contributed by atoms with Crippen LogP contribution in [0.1, 0.15) is 46.5 Å². The Morgan fingerprint density at radius 3 is 2.43 bits per heavy atom. The fraction of sp³-hybridized carbons (Fsp3) is 0.476. The summed E-state index contributed by atoms with van der Waals surface area (Å²) in [5.41, 5.74) is 0.165. The Hall–Kier alpha value is -2.97. The van der Waals surface area contributed by atoms with Gasteiger partial charge in [-0.1, -0.05) is 6.92 Å². The molecule has 1 aromatic carbocycles. The van der Waals surface area contributed by atoms with Crippen LogP contribution < -0.4 is 9.64 Å². The fourth-order valence-electron chi connectivity index (χ4n) is 3.75. The molecule has 0 bridgehead atoms. The number of aromatic nitrogens is 2. The Morgan fingerprint density at radius 2 is 1.87 bits per heavy atom. The molecule has 0 radical (unpaired) electrons. The van der Waals surface area contributed by atoms with Gasteiger partial charge < -0.3 is 9.84 Å². The quantitative estimate of drug-likeness (QED) is 0.703. The van der Waals surface area contributed by atoms with Crippen molar-refractivity contribution in [1.29, 1.82) is 0 Å². The molecule has 162 valence electrons. The number of anilines is 1. The molecule has 30 heavy (non-hydrogen) atoms. The normalized spacial score (nSPS) is 19.0. The number of nitrogens with zero attached hydrogens (tertiary/aromatic N) is 3. The van der Waals surface area contributed by atoms with Crippen molar-refractivity contribution in [3.8, 4) is 11.4 Å². The third kappa shape index (κ3) is 4.60. The van der Waals surface area contributed by atoms with E-state index in [2.05, 4.69) is 12.0 Å². The monoisotopic (exact) mass is 421 g/mol. The zero-order valence-corrected chi connectivity index (χ0v) is 17.1. The molecule has 9 heteroatoms. The van der Waals surface area contributed by atoms with Crippen LogP contribution in [-0.4, -0.2) is 33.0 Å². The zero-order valence-electron chi connectivity index (χ0n) is 17.1. The SMILES string of the molecule is CC(C)N(c1nn(-c2ccc(F)c(F)c2)cc1OC(=O)O)C(=O)[C@H]1CC[C@H](C)CC1. The molecule has 0 saturated heterocycles. The largest absolute Gasteiger partial charge is 0.511 e. The maximum absolute atomic E-state index is 13.7. The van der Waals surface area contributed by atoms with Gasteiger partial charge in [0.1, 0.15) is 0 Å². The van der Waals surface area contributed by atoms with E-state index in [0.29, 0.717) is 5.92 Å². The molecule has 3 rings (SSSR count). The first-order chi connectivity index (χ1) is 14.2. The predicted octanol–water partition coefficient (Wildman–Crippen LogP) is 4.78. The van der Waals surface area contributed by atoms with E-state index in [1.165, 1.54) is 21.8 Å². The molecule has 7 nitrogen and oxygen atoms in total. The standard InChI is InChI=1S/C21H25F2N3O4/c1-12(2)26(20(27)14-6-4-13(3)5-7-14)19-18(30-21(28)29)11-25(24-19)15-8-9-16(22)17(23)10-15/h8-14H,4-7H2,1-3H3,(H,28,29)/t13-,14-. The smallest absolute Gasteiger partial charge is 0.449 e. The Labute approximate surface area is 173 Å². The number of carbonyl (C=O) groups excluding carboxylic acids is 1. The van der Waals surface area contributed by atoms with E-state index in [1.807, 2.05) is 0 Å². The van der Waals surface area contributed by atoms with Gasteiger partial charge in [0.05, 0.1) is 11.9 Å². The molecule has 1 N–H and O–H groups in total. The highest BCUT2D eigenvalue weighted by molar-refractivity contribution is 5.96. The van der Waals surface area contributed by atoms with Crippen LogP contribution in [-0.2, 0) is 4.79 Å². The number of hydrogen-bond donors (Lipinski definition) is 1. The topological polar surface area (TPSA) is 84.7 Å². The molecule has 0 spiro atoms. The summed E-state index contributed by atoms with van der Waals surface area (Å²) in [5, 5.41) is 13.4. The molecule has 1 aromatic heterocycles. The number of benzene rings is 1. The molecule has 0 unspecified atom stereocenters. The first-order valence-electron chi connectivity index (χ1n) is 9.96. The van der Waals surface area contributed by atoms with Gasteiger partial charge in [0.15, 0.2) is 17.4 Å². The number of amides is 1. The zero-order chi connectivity index (χ0) is 22.0. The fourth-order valence-corrected chi connectivity index (χ4v) is 3.75. The van der Waals surface area contributed by atoms with Crippen LogP contribution in [0.3, 0.4) is 0 Å². The van der Waals surface area contributed by atoms with Gasteiger partial charge in [-0.2, -0.15) is 0 Å². The van der Waals surface area contributed by atoms with E-state index in [0.717, 1.165) is 37.8 Å². The summed E-state index contributed by atoms with van der Waals surface area (Å²) in [7, 11) is 0. The average Bonchev–Trinajstić information content (AvgIpc) is 3.07. The van der Waals surface area contributed by atoms with Crippen LogP contribution in [0.2, 0.25) is 0 Å². The molecule has 0 atom stereocenters. The van der Waals surface area contributed by atoms with Crippen molar-refractivity contribution in [1.82, 2.24) is 9.78 Å². The first-order valence-corrected chi connectivity index (χ1v) is 9.96. The molecule has 1 saturated carbocycles. The maximum Gasteiger partial charge on any atom is 0.511 e. The van der Waals surface area contributed by atoms with Gasteiger partial charge >= 0.3 is 6.16 Å². The molecule has 1 heterocycles. The number of halogens is 2. The summed E-state index contributed by atoms with van der Waals surface area (Å²) in [4.78, 5) is 25.9. The average molecular weight is 421 g/mol. The van der Waals surface area contributed by atoms with Crippen molar-refractivity contribution in [3.05, 3.63) is 36.0 Å². The molecular weight excluding hydrogens is 396 g/mol. The van der Waals surface area contributed by atoms with Crippen molar-refractivity contribution in [3.63, 3.8) is 0 Å². The maximum atomic E-state index is 13.7. The van der Waals surface area contributed by atoms with E-state index in [1.54, 1.807) is 13.8 Å². The van der Waals surface area contributed by atoms with Gasteiger partial charge in [-0.05, 0) is 57.6 Å². The molecule has 1 aliphatic rings. The Bertz CT molecular complexity index is 936. The Kier molecular flexibility index (Phi) is 6.38. The van der Waals surface area contributed by atoms with E-state index in [4.69, 9.17) is 9.84 Å². The Balaban J connectivity index is 2.01. The van der Waals surface area contributed by atoms with E-state index in [9.17, 15) is 18.4 Å².